The van der Waals surface area contributed by atoms with E-state index in [1.54, 1.807) is 19.2 Å². The van der Waals surface area contributed by atoms with Crippen LogP contribution in [-0.4, -0.2) is 30.1 Å². The van der Waals surface area contributed by atoms with E-state index >= 15 is 0 Å². The van der Waals surface area contributed by atoms with E-state index in [9.17, 15) is 9.59 Å². The molecule has 33 heavy (non-hydrogen) atoms. The Morgan fingerprint density at radius 1 is 1.12 bits per heavy atom. The minimum atomic E-state index is -0.408. The molecule has 3 aromatic rings. The van der Waals surface area contributed by atoms with Gasteiger partial charge >= 0.3 is 5.69 Å². The minimum Gasteiger partial charge on any atom is -0.309 e. The maximum absolute atomic E-state index is 13.0. The summed E-state index contributed by atoms with van der Waals surface area (Å²) in [5.41, 5.74) is 3.64. The second kappa shape index (κ2) is 10.5. The van der Waals surface area contributed by atoms with Gasteiger partial charge in [0.05, 0.1) is 18.2 Å². The van der Waals surface area contributed by atoms with Crippen molar-refractivity contribution in [2.75, 3.05) is 5.75 Å². The summed E-state index contributed by atoms with van der Waals surface area (Å²) in [5.74, 6) is 0.658. The molecule has 8 nitrogen and oxygen atoms in total. The number of rotatable bonds is 6. The molecule has 0 spiro atoms. The Labute approximate surface area is 196 Å². The van der Waals surface area contributed by atoms with Crippen molar-refractivity contribution >= 4 is 28.6 Å². The third-order valence-electron chi connectivity index (χ3n) is 5.34. The highest BCUT2D eigenvalue weighted by Crippen LogP contribution is 2.25. The molecule has 0 fully saturated rings. The average Bonchev–Trinajstić information content (AvgIpc) is 3.46. The van der Waals surface area contributed by atoms with Crippen molar-refractivity contribution in [1.29, 1.82) is 5.26 Å². The molecule has 0 bridgehead atoms. The van der Waals surface area contributed by atoms with Crippen LogP contribution in [0.5, 0.6) is 0 Å². The largest absolute Gasteiger partial charge is 0.332 e. The summed E-state index contributed by atoms with van der Waals surface area (Å²) >= 11 is 1.51. The lowest BCUT2D eigenvalue weighted by Crippen LogP contribution is -2.37. The third kappa shape index (κ3) is 4.86. The predicted molar refractivity (Wildman–Crippen MR) is 133 cm³/mol. The summed E-state index contributed by atoms with van der Waals surface area (Å²) < 4.78 is 4.36. The number of aliphatic imine (C=N–C) groups is 1. The monoisotopic (exact) mass is 464 g/mol. The summed E-state index contributed by atoms with van der Waals surface area (Å²) in [7, 11) is 3.09. The molecule has 0 saturated carbocycles. The van der Waals surface area contributed by atoms with E-state index in [1.807, 2.05) is 30.5 Å². The van der Waals surface area contributed by atoms with Crippen LogP contribution in [0.3, 0.4) is 0 Å². The van der Waals surface area contributed by atoms with Crippen LogP contribution in [-0.2, 0) is 20.6 Å². The number of allylic oxidation sites excluding steroid dienone is 2. The molecule has 0 saturated heterocycles. The van der Waals surface area contributed by atoms with Crippen LogP contribution < -0.4 is 11.2 Å². The van der Waals surface area contributed by atoms with Gasteiger partial charge in [0.2, 0.25) is 0 Å². The molecule has 2 aromatic heterocycles. The van der Waals surface area contributed by atoms with Gasteiger partial charge in [-0.15, -0.1) is 0 Å². The van der Waals surface area contributed by atoms with Gasteiger partial charge < -0.3 is 4.57 Å². The topological polar surface area (TPSA) is 98.0 Å². The lowest BCUT2D eigenvalue weighted by Gasteiger charge is -2.10. The number of fused-ring (bicyclic) bond motifs is 1. The second-order valence-corrected chi connectivity index (χ2v) is 8.33. The Morgan fingerprint density at radius 3 is 2.42 bits per heavy atom. The Hall–Kier alpha value is -3.38. The van der Waals surface area contributed by atoms with Crippen molar-refractivity contribution in [3.05, 3.63) is 68.0 Å². The summed E-state index contributed by atoms with van der Waals surface area (Å²) in [6, 6.07) is 9.34. The fourth-order valence-corrected chi connectivity index (χ4v) is 4.48. The first-order valence-corrected chi connectivity index (χ1v) is 11.9. The zero-order valence-electron chi connectivity index (χ0n) is 19.6. The van der Waals surface area contributed by atoms with Crippen molar-refractivity contribution in [2.24, 2.45) is 19.1 Å². The molecule has 0 unspecified atom stereocenters. The van der Waals surface area contributed by atoms with Crippen LogP contribution in [0, 0.1) is 11.3 Å². The van der Waals surface area contributed by atoms with Crippen LogP contribution in [0.2, 0.25) is 0 Å². The fourth-order valence-electron chi connectivity index (χ4n) is 3.54. The number of thioether (sulfide) groups is 1. The number of nitrogens with zero attached hydrogens (tertiary/aromatic N) is 6. The maximum Gasteiger partial charge on any atom is 0.332 e. The van der Waals surface area contributed by atoms with Gasteiger partial charge in [0.15, 0.2) is 16.3 Å². The highest BCUT2D eigenvalue weighted by atomic mass is 32.2. The summed E-state index contributed by atoms with van der Waals surface area (Å²) in [4.78, 5) is 34.7. The molecule has 9 heteroatoms. The molecule has 0 aliphatic carbocycles. The van der Waals surface area contributed by atoms with Gasteiger partial charge in [-0.1, -0.05) is 50.7 Å². The molecular weight excluding hydrogens is 436 g/mol. The number of hydrogen-bond acceptors (Lipinski definition) is 6. The van der Waals surface area contributed by atoms with Crippen molar-refractivity contribution in [3.8, 4) is 6.07 Å². The van der Waals surface area contributed by atoms with Crippen LogP contribution in [0.1, 0.15) is 44.7 Å². The van der Waals surface area contributed by atoms with Gasteiger partial charge in [-0.2, -0.15) is 5.26 Å². The average molecular weight is 465 g/mol. The molecule has 0 N–H and O–H groups in total. The molecule has 4 rings (SSSR count). The van der Waals surface area contributed by atoms with E-state index in [4.69, 9.17) is 5.26 Å². The van der Waals surface area contributed by atoms with E-state index < -0.39 is 5.69 Å². The van der Waals surface area contributed by atoms with Crippen LogP contribution in [0.15, 0.2) is 55.8 Å². The van der Waals surface area contributed by atoms with E-state index in [1.165, 1.54) is 23.4 Å². The number of nitriles is 1. The molecule has 0 radical (unpaired) electrons. The molecule has 0 amide bonds. The molecule has 3 heterocycles. The van der Waals surface area contributed by atoms with Crippen molar-refractivity contribution in [2.45, 2.75) is 45.3 Å². The number of benzene rings is 1. The zero-order valence-corrected chi connectivity index (χ0v) is 20.4. The molecule has 1 aromatic carbocycles. The minimum absolute atomic E-state index is 0.366. The number of aromatic nitrogens is 4. The molecule has 172 valence electrons. The molecule has 0 atom stereocenters. The molecular formula is C24H28N6O2S. The fraction of sp³-hybridized carbons (Fsp3) is 0.375. The molecule has 1 aliphatic rings. The van der Waals surface area contributed by atoms with E-state index in [-0.39, 0.29) is 5.56 Å². The Morgan fingerprint density at radius 2 is 1.82 bits per heavy atom. The Bertz CT molecular complexity index is 1380. The first kappa shape index (κ1) is 24.3. The second-order valence-electron chi connectivity index (χ2n) is 7.39. The van der Waals surface area contributed by atoms with Gasteiger partial charge in [-0.05, 0) is 24.1 Å². The molecule has 1 aliphatic heterocycles. The highest BCUT2D eigenvalue weighted by molar-refractivity contribution is 7.99. The zero-order chi connectivity index (χ0) is 24.1. The van der Waals surface area contributed by atoms with Crippen molar-refractivity contribution in [3.63, 3.8) is 0 Å². The number of imidazole rings is 1. The lowest BCUT2D eigenvalue weighted by atomic mass is 10.1. The van der Waals surface area contributed by atoms with Crippen LogP contribution in [0.4, 0.5) is 0 Å². The normalized spacial score (nSPS) is 12.7. The Balaban J connectivity index is 0.00000149. The first-order valence-electron chi connectivity index (χ1n) is 11.0. The number of aryl methyl sites for hydroxylation is 1. The maximum atomic E-state index is 13.0. The van der Waals surface area contributed by atoms with Crippen molar-refractivity contribution < 1.29 is 0 Å². The third-order valence-corrected chi connectivity index (χ3v) is 6.39. The van der Waals surface area contributed by atoms with E-state index in [0.29, 0.717) is 34.2 Å². The quantitative estimate of drug-likeness (QED) is 0.519. The van der Waals surface area contributed by atoms with Crippen molar-refractivity contribution in [1.82, 2.24) is 18.7 Å². The van der Waals surface area contributed by atoms with Gasteiger partial charge in [0.1, 0.15) is 0 Å². The van der Waals surface area contributed by atoms with Gasteiger partial charge in [0, 0.05) is 37.7 Å². The van der Waals surface area contributed by atoms with Crippen LogP contribution in [0.25, 0.3) is 11.2 Å². The van der Waals surface area contributed by atoms with Gasteiger partial charge in [-0.3, -0.25) is 18.9 Å². The predicted octanol–water partition coefficient (Wildman–Crippen LogP) is 3.61. The smallest absolute Gasteiger partial charge is 0.309 e. The van der Waals surface area contributed by atoms with Gasteiger partial charge in [-0.25, -0.2) is 9.78 Å². The first-order chi connectivity index (χ1) is 15.9. The summed E-state index contributed by atoms with van der Waals surface area (Å²) in [6.07, 6.45) is 3.87. The van der Waals surface area contributed by atoms with Gasteiger partial charge in [0.25, 0.3) is 5.56 Å². The lowest BCUT2D eigenvalue weighted by molar-refractivity contribution is 0.696. The standard InChI is InChI=1S/C22H22N6O2S.C2H6/c1-4-16-9-10-17(24-16)13-31-21-25-19-18(20(29)27(3)22(30)26(19)2)28(21)12-15-7-5-14(11-23)6-8-15;1-2/h5-9H,4,10,12-13H2,1-3H3;1-2H3. The SMILES string of the molecule is CC.CCC1=CCC(CSc2nc3c(c(=O)n(C)c(=O)n3C)n2Cc2ccc(C#N)cc2)=N1. The van der Waals surface area contributed by atoms with E-state index in [2.05, 4.69) is 29.0 Å². The highest BCUT2D eigenvalue weighted by Gasteiger charge is 2.20. The van der Waals surface area contributed by atoms with Crippen LogP contribution >= 0.6 is 11.8 Å². The summed E-state index contributed by atoms with van der Waals surface area (Å²) in [5, 5.41) is 9.70. The number of hydrogen-bond donors (Lipinski definition) is 0. The summed E-state index contributed by atoms with van der Waals surface area (Å²) in [6.45, 7) is 6.49. The Kier molecular flexibility index (Phi) is 7.71. The van der Waals surface area contributed by atoms with E-state index in [0.717, 1.165) is 34.4 Å².